The monoisotopic (exact) mass is 714 g/mol. The number of aromatic nitrogens is 3. The molecule has 0 saturated carbocycles. The van der Waals surface area contributed by atoms with Crippen molar-refractivity contribution >= 4 is 37.0 Å². The normalized spacial score (nSPS) is 22.1. The van der Waals surface area contributed by atoms with Crippen LogP contribution in [0.3, 0.4) is 0 Å². The number of carbonyl (C=O) groups is 3. The van der Waals surface area contributed by atoms with E-state index in [0.717, 1.165) is 6.42 Å². The van der Waals surface area contributed by atoms with Crippen molar-refractivity contribution in [2.24, 2.45) is 11.8 Å². The highest BCUT2D eigenvalue weighted by atomic mass is 31.2. The van der Waals surface area contributed by atoms with Gasteiger partial charge in [0.15, 0.2) is 18.0 Å². The van der Waals surface area contributed by atoms with Crippen molar-refractivity contribution in [3.05, 3.63) is 54.5 Å². The molecule has 3 N–H and O–H groups in total. The van der Waals surface area contributed by atoms with Gasteiger partial charge in [0.1, 0.15) is 42.4 Å². The fraction of sp³-hybridized carbons (Fsp3) is 0.515. The van der Waals surface area contributed by atoms with Gasteiger partial charge in [0.25, 0.3) is 0 Å². The summed E-state index contributed by atoms with van der Waals surface area (Å²) in [5.74, 6) is -3.13. The molecule has 16 nitrogen and oxygen atoms in total. The molecule has 0 bridgehead atoms. The molecule has 4 rings (SSSR count). The fourth-order valence-electron chi connectivity index (χ4n) is 4.88. The minimum atomic E-state index is -4.54. The molecule has 3 aromatic rings. The van der Waals surface area contributed by atoms with Gasteiger partial charge in [-0.25, -0.2) is 14.1 Å². The number of unbranched alkanes of at least 4 members (excludes halogenated alkanes) is 1. The second-order valence-corrected chi connectivity index (χ2v) is 14.0. The van der Waals surface area contributed by atoms with Crippen LogP contribution in [0.25, 0.3) is 5.52 Å². The molecule has 17 heteroatoms. The Bertz CT molecular complexity index is 1750. The van der Waals surface area contributed by atoms with Crippen LogP contribution in [-0.2, 0) is 42.4 Å². The van der Waals surface area contributed by atoms with Crippen molar-refractivity contribution in [1.82, 2.24) is 19.7 Å². The van der Waals surface area contributed by atoms with E-state index in [9.17, 15) is 24.2 Å². The summed E-state index contributed by atoms with van der Waals surface area (Å²) in [5, 5.41) is 17.6. The summed E-state index contributed by atoms with van der Waals surface area (Å²) in [6, 6.07) is 12.1. The maximum Gasteiger partial charge on any atom is 0.459 e. The van der Waals surface area contributed by atoms with Gasteiger partial charge >= 0.3 is 25.7 Å². The van der Waals surface area contributed by atoms with E-state index < -0.39 is 74.1 Å². The zero-order valence-electron chi connectivity index (χ0n) is 28.8. The molecular weight excluding hydrogens is 671 g/mol. The van der Waals surface area contributed by atoms with Crippen molar-refractivity contribution < 1.29 is 46.9 Å². The lowest BCUT2D eigenvalue weighted by Gasteiger charge is -2.31. The number of carbonyl (C=O) groups excluding carboxylic acids is 3. The number of ether oxygens (including phenoxy) is 4. The van der Waals surface area contributed by atoms with Crippen LogP contribution in [-0.4, -0.2) is 69.6 Å². The molecule has 2 aromatic heterocycles. The largest absolute Gasteiger partial charge is 0.465 e. The number of nitrogens with one attached hydrogen (secondary N) is 1. The van der Waals surface area contributed by atoms with Crippen LogP contribution in [0.2, 0.25) is 0 Å². The van der Waals surface area contributed by atoms with E-state index in [1.807, 2.05) is 13.0 Å². The number of nitrogen functional groups attached to an aromatic ring is 1. The van der Waals surface area contributed by atoms with E-state index in [2.05, 4.69) is 15.2 Å². The summed E-state index contributed by atoms with van der Waals surface area (Å²) in [5.41, 5.74) is 4.49. The number of rotatable bonds is 16. The molecule has 1 fully saturated rings. The van der Waals surface area contributed by atoms with Gasteiger partial charge in [0, 0.05) is 0 Å². The molecule has 0 spiro atoms. The van der Waals surface area contributed by atoms with Crippen molar-refractivity contribution in [1.29, 1.82) is 5.26 Å². The smallest absolute Gasteiger partial charge is 0.459 e. The van der Waals surface area contributed by atoms with Crippen molar-refractivity contribution in [3.63, 3.8) is 0 Å². The Balaban J connectivity index is 1.77. The van der Waals surface area contributed by atoms with Gasteiger partial charge in [-0.1, -0.05) is 59.2 Å². The van der Waals surface area contributed by atoms with Crippen LogP contribution in [0.15, 0.2) is 48.8 Å². The Kier molecular flexibility index (Phi) is 12.6. The number of nitrogens with zero attached hydrogens (tertiary/aromatic N) is 4. The third-order valence-corrected chi connectivity index (χ3v) is 9.31. The van der Waals surface area contributed by atoms with Crippen LogP contribution >= 0.6 is 7.75 Å². The Hall–Kier alpha value is -4.55. The molecule has 1 aliphatic heterocycles. The fourth-order valence-corrected chi connectivity index (χ4v) is 6.40. The summed E-state index contributed by atoms with van der Waals surface area (Å²) in [6.07, 6.45) is -1.67. The third kappa shape index (κ3) is 8.78. The minimum Gasteiger partial charge on any atom is -0.465 e. The molecule has 1 aliphatic rings. The van der Waals surface area contributed by atoms with Gasteiger partial charge in [-0.2, -0.15) is 15.4 Å². The number of nitrogens with two attached hydrogens (primary N) is 1. The summed E-state index contributed by atoms with van der Waals surface area (Å²) in [7, 11) is -4.54. The molecule has 3 heterocycles. The number of anilines is 1. The van der Waals surface area contributed by atoms with Gasteiger partial charge in [-0.3, -0.25) is 18.9 Å². The van der Waals surface area contributed by atoms with Gasteiger partial charge < -0.3 is 29.2 Å². The van der Waals surface area contributed by atoms with Gasteiger partial charge in [-0.05, 0) is 37.6 Å². The lowest BCUT2D eigenvalue weighted by Crippen LogP contribution is -2.50. The summed E-state index contributed by atoms with van der Waals surface area (Å²) in [4.78, 5) is 43.0. The Morgan fingerprint density at radius 2 is 1.74 bits per heavy atom. The van der Waals surface area contributed by atoms with E-state index in [4.69, 9.17) is 33.7 Å². The summed E-state index contributed by atoms with van der Waals surface area (Å²) in [6.45, 7) is 9.06. The quantitative estimate of drug-likeness (QED) is 0.0915. The number of hydrogen-bond acceptors (Lipinski definition) is 14. The SMILES string of the molecule is CCCCOC(=O)[C@H](C)N[P@](=O)(OC[C@@]1(C#N)O[C@@H](c2ccc3c(N)ncnn23)[C@H](OC(=O)C(C)C)[C@@H]1OC(=O)C(C)C)Oc1ccccc1. The minimum absolute atomic E-state index is 0.120. The summed E-state index contributed by atoms with van der Waals surface area (Å²) < 4.78 is 50.9. The molecule has 1 saturated heterocycles. The zero-order valence-corrected chi connectivity index (χ0v) is 29.7. The second-order valence-electron chi connectivity index (χ2n) is 12.4. The first-order valence-corrected chi connectivity index (χ1v) is 17.8. The van der Waals surface area contributed by atoms with E-state index >= 15 is 0 Å². The topological polar surface area (TPSA) is 216 Å². The van der Waals surface area contributed by atoms with Crippen LogP contribution in [0.5, 0.6) is 5.75 Å². The first-order chi connectivity index (χ1) is 23.7. The lowest BCUT2D eigenvalue weighted by atomic mass is 9.95. The molecule has 0 aliphatic carbocycles. The molecule has 0 amide bonds. The molecular formula is C33H43N6O10P. The van der Waals surface area contributed by atoms with Crippen molar-refractivity contribution in [2.75, 3.05) is 18.9 Å². The van der Waals surface area contributed by atoms with Crippen LogP contribution in [0, 0.1) is 23.2 Å². The Labute approximate surface area is 290 Å². The molecule has 270 valence electrons. The summed E-state index contributed by atoms with van der Waals surface area (Å²) >= 11 is 0. The van der Waals surface area contributed by atoms with Crippen LogP contribution in [0.1, 0.15) is 66.2 Å². The molecule has 6 atom stereocenters. The number of hydrogen-bond donors (Lipinski definition) is 2. The predicted molar refractivity (Wildman–Crippen MR) is 178 cm³/mol. The number of nitriles is 1. The molecule has 1 aromatic carbocycles. The Morgan fingerprint density at radius 3 is 2.38 bits per heavy atom. The van der Waals surface area contributed by atoms with Gasteiger partial charge in [0.2, 0.25) is 5.60 Å². The number of esters is 3. The van der Waals surface area contributed by atoms with E-state index in [1.54, 1.807) is 58.0 Å². The van der Waals surface area contributed by atoms with E-state index in [-0.39, 0.29) is 23.9 Å². The highest BCUT2D eigenvalue weighted by molar-refractivity contribution is 7.52. The Morgan fingerprint density at radius 1 is 1.06 bits per heavy atom. The second kappa shape index (κ2) is 16.4. The molecule has 0 unspecified atom stereocenters. The van der Waals surface area contributed by atoms with Crippen molar-refractivity contribution in [3.8, 4) is 11.8 Å². The average molecular weight is 715 g/mol. The zero-order chi connectivity index (χ0) is 36.6. The first kappa shape index (κ1) is 38.3. The third-order valence-electron chi connectivity index (χ3n) is 7.69. The van der Waals surface area contributed by atoms with Crippen LogP contribution < -0.4 is 15.3 Å². The molecule has 50 heavy (non-hydrogen) atoms. The van der Waals surface area contributed by atoms with Crippen LogP contribution in [0.4, 0.5) is 5.82 Å². The number of para-hydroxylation sites is 1. The van der Waals surface area contributed by atoms with Crippen molar-refractivity contribution in [2.45, 2.75) is 84.3 Å². The average Bonchev–Trinajstić information content (AvgIpc) is 3.64. The first-order valence-electron chi connectivity index (χ1n) is 16.3. The maximum atomic E-state index is 14.4. The highest BCUT2D eigenvalue weighted by Crippen LogP contribution is 2.50. The lowest BCUT2D eigenvalue weighted by molar-refractivity contribution is -0.173. The molecule has 0 radical (unpaired) electrons. The van der Waals surface area contributed by atoms with E-state index in [0.29, 0.717) is 11.9 Å². The van der Waals surface area contributed by atoms with E-state index in [1.165, 1.54) is 29.9 Å². The van der Waals surface area contributed by atoms with Gasteiger partial charge in [-0.15, -0.1) is 0 Å². The highest BCUT2D eigenvalue weighted by Gasteiger charge is 2.62. The van der Waals surface area contributed by atoms with Gasteiger partial charge in [0.05, 0.1) is 24.1 Å². The predicted octanol–water partition coefficient (Wildman–Crippen LogP) is 4.31. The maximum absolute atomic E-state index is 14.4. The number of benzene rings is 1. The standard InChI is InChI=1S/C33H43N6O10P/c1-7-8-16-44-32(42)22(6)38-50(43,49-23-12-10-9-11-13-23)45-18-33(17-34)28(47-31(41)21(4)5)27(46-30(40)20(2)3)26(48-33)24-14-15-25-29(35)36-19-37-39(24)25/h9-15,19-22,26-28H,7-8,16,18H2,1-6H3,(H,38,43)(H2,35,36,37)/t22-,26-,27-,28-,33+,50-/m0/s1. The number of fused-ring (bicyclic) bond motifs is 1.